The first-order valence-corrected chi connectivity index (χ1v) is 5.76. The number of likely N-dealkylation sites (tertiary alicyclic amines) is 1. The van der Waals surface area contributed by atoms with E-state index >= 15 is 0 Å². The zero-order valence-electron chi connectivity index (χ0n) is 9.32. The number of amides is 1. The minimum Gasteiger partial charge on any atom is -0.338 e. The van der Waals surface area contributed by atoms with Crippen LogP contribution < -0.4 is 5.73 Å². The van der Waals surface area contributed by atoms with E-state index in [-0.39, 0.29) is 24.4 Å². The molecule has 1 saturated heterocycles. The first-order valence-electron chi connectivity index (χ1n) is 5.76. The van der Waals surface area contributed by atoms with E-state index in [4.69, 9.17) is 5.73 Å². The second kappa shape index (κ2) is 5.17. The normalized spacial score (nSPS) is 31.7. The average Bonchev–Trinajstić information content (AvgIpc) is 2.28. The Hall–Kier alpha value is -0.280. The number of nitrogens with zero attached hydrogens (tertiary/aromatic N) is 1. The molecule has 0 bridgehead atoms. The largest absolute Gasteiger partial charge is 0.338 e. The van der Waals surface area contributed by atoms with E-state index in [0.29, 0.717) is 6.04 Å². The molecule has 0 spiro atoms. The SMILES string of the molecule is C[C@H](N)C(=O)N1CC2CCCCCC21.Cl. The molecule has 0 aromatic rings. The Morgan fingerprint density at radius 3 is 2.67 bits per heavy atom. The molecule has 2 N–H and O–H groups in total. The molecule has 0 aromatic heterocycles. The Kier molecular flexibility index (Phi) is 4.41. The molecule has 1 amide bonds. The summed E-state index contributed by atoms with van der Waals surface area (Å²) in [6.45, 7) is 2.75. The zero-order chi connectivity index (χ0) is 10.1. The van der Waals surface area contributed by atoms with Gasteiger partial charge in [0.05, 0.1) is 6.04 Å². The molecular formula is C11H21ClN2O. The molecule has 1 saturated carbocycles. The fourth-order valence-corrected chi connectivity index (χ4v) is 2.75. The fraction of sp³-hybridized carbons (Fsp3) is 0.909. The highest BCUT2D eigenvalue weighted by Gasteiger charge is 2.42. The molecule has 3 atom stereocenters. The van der Waals surface area contributed by atoms with Crippen molar-refractivity contribution in [2.45, 2.75) is 51.1 Å². The molecule has 1 heterocycles. The minimum atomic E-state index is -0.320. The molecule has 2 fully saturated rings. The predicted octanol–water partition coefficient (Wildman–Crippen LogP) is 1.55. The van der Waals surface area contributed by atoms with Crippen molar-refractivity contribution in [2.24, 2.45) is 11.7 Å². The summed E-state index contributed by atoms with van der Waals surface area (Å²) in [5.74, 6) is 0.924. The van der Waals surface area contributed by atoms with E-state index in [0.717, 1.165) is 12.5 Å². The van der Waals surface area contributed by atoms with Gasteiger partial charge in [0.25, 0.3) is 0 Å². The summed E-state index contributed by atoms with van der Waals surface area (Å²) in [4.78, 5) is 13.7. The molecule has 1 aliphatic heterocycles. The van der Waals surface area contributed by atoms with Gasteiger partial charge in [0, 0.05) is 12.6 Å². The molecule has 4 heteroatoms. The van der Waals surface area contributed by atoms with Crippen molar-refractivity contribution in [3.05, 3.63) is 0 Å². The van der Waals surface area contributed by atoms with Crippen LogP contribution in [0.5, 0.6) is 0 Å². The molecule has 2 aliphatic rings. The van der Waals surface area contributed by atoms with Crippen LogP contribution in [-0.4, -0.2) is 29.4 Å². The Morgan fingerprint density at radius 2 is 2.00 bits per heavy atom. The van der Waals surface area contributed by atoms with Crippen LogP contribution in [0.1, 0.15) is 39.0 Å². The van der Waals surface area contributed by atoms with Crippen LogP contribution in [0.2, 0.25) is 0 Å². The highest BCUT2D eigenvalue weighted by molar-refractivity contribution is 5.85. The fourth-order valence-electron chi connectivity index (χ4n) is 2.75. The van der Waals surface area contributed by atoms with Crippen molar-refractivity contribution < 1.29 is 4.79 Å². The Labute approximate surface area is 97.8 Å². The monoisotopic (exact) mass is 232 g/mol. The van der Waals surface area contributed by atoms with Gasteiger partial charge in [0.1, 0.15) is 0 Å². The van der Waals surface area contributed by atoms with Gasteiger partial charge in [-0.25, -0.2) is 0 Å². The maximum Gasteiger partial charge on any atom is 0.239 e. The van der Waals surface area contributed by atoms with Gasteiger partial charge < -0.3 is 10.6 Å². The summed E-state index contributed by atoms with van der Waals surface area (Å²) in [5, 5.41) is 0. The van der Waals surface area contributed by atoms with Gasteiger partial charge in [-0.2, -0.15) is 0 Å². The number of fused-ring (bicyclic) bond motifs is 1. The molecule has 2 rings (SSSR count). The summed E-state index contributed by atoms with van der Waals surface area (Å²) in [6, 6.07) is 0.204. The topological polar surface area (TPSA) is 46.3 Å². The Bertz CT molecular complexity index is 233. The molecule has 1 aliphatic carbocycles. The molecule has 0 aromatic carbocycles. The van der Waals surface area contributed by atoms with E-state index in [1.54, 1.807) is 6.92 Å². The number of carbonyl (C=O) groups is 1. The van der Waals surface area contributed by atoms with Gasteiger partial charge in [-0.05, 0) is 25.7 Å². The summed E-state index contributed by atoms with van der Waals surface area (Å²) >= 11 is 0. The third-order valence-electron chi connectivity index (χ3n) is 3.62. The molecule has 15 heavy (non-hydrogen) atoms. The van der Waals surface area contributed by atoms with Gasteiger partial charge in [-0.3, -0.25) is 4.79 Å². The molecule has 88 valence electrons. The lowest BCUT2D eigenvalue weighted by atomic mass is 9.84. The smallest absolute Gasteiger partial charge is 0.239 e. The van der Waals surface area contributed by atoms with E-state index in [1.165, 1.54) is 32.1 Å². The van der Waals surface area contributed by atoms with Gasteiger partial charge in [0.2, 0.25) is 5.91 Å². The number of carbonyl (C=O) groups excluding carboxylic acids is 1. The van der Waals surface area contributed by atoms with Crippen LogP contribution in [0.15, 0.2) is 0 Å². The Morgan fingerprint density at radius 1 is 1.33 bits per heavy atom. The van der Waals surface area contributed by atoms with Crippen molar-refractivity contribution in [1.82, 2.24) is 4.90 Å². The molecule has 3 nitrogen and oxygen atoms in total. The minimum absolute atomic E-state index is 0. The first kappa shape index (κ1) is 12.8. The maximum absolute atomic E-state index is 11.7. The van der Waals surface area contributed by atoms with Crippen molar-refractivity contribution in [3.63, 3.8) is 0 Å². The summed E-state index contributed by atoms with van der Waals surface area (Å²) in [5.41, 5.74) is 5.62. The standard InChI is InChI=1S/C11H20N2O.ClH/c1-8(12)11(14)13-7-9-5-3-2-4-6-10(9)13;/h8-10H,2-7,12H2,1H3;1H/t8-,9?,10?;/m0./s1. The van der Waals surface area contributed by atoms with Crippen molar-refractivity contribution in [2.75, 3.05) is 6.54 Å². The summed E-state index contributed by atoms with van der Waals surface area (Å²) in [7, 11) is 0. The maximum atomic E-state index is 11.7. The van der Waals surface area contributed by atoms with E-state index in [2.05, 4.69) is 0 Å². The summed E-state index contributed by atoms with van der Waals surface area (Å²) < 4.78 is 0. The van der Waals surface area contributed by atoms with Gasteiger partial charge in [-0.15, -0.1) is 12.4 Å². The number of hydrogen-bond acceptors (Lipinski definition) is 2. The van der Waals surface area contributed by atoms with Gasteiger partial charge >= 0.3 is 0 Å². The number of halogens is 1. The first-order chi connectivity index (χ1) is 6.70. The predicted molar refractivity (Wildman–Crippen MR) is 63.0 cm³/mol. The van der Waals surface area contributed by atoms with E-state index < -0.39 is 0 Å². The lowest BCUT2D eigenvalue weighted by molar-refractivity contribution is -0.145. The van der Waals surface area contributed by atoms with E-state index in [9.17, 15) is 4.79 Å². The molecule has 0 radical (unpaired) electrons. The van der Waals surface area contributed by atoms with Crippen LogP contribution in [0, 0.1) is 5.92 Å². The van der Waals surface area contributed by atoms with Crippen LogP contribution in [0.3, 0.4) is 0 Å². The van der Waals surface area contributed by atoms with Crippen molar-refractivity contribution in [3.8, 4) is 0 Å². The third kappa shape index (κ3) is 2.45. The highest BCUT2D eigenvalue weighted by Crippen LogP contribution is 2.36. The lowest BCUT2D eigenvalue weighted by Crippen LogP contribution is -2.61. The average molecular weight is 233 g/mol. The highest BCUT2D eigenvalue weighted by atomic mass is 35.5. The lowest BCUT2D eigenvalue weighted by Gasteiger charge is -2.48. The van der Waals surface area contributed by atoms with Crippen LogP contribution in [0.4, 0.5) is 0 Å². The summed E-state index contributed by atoms with van der Waals surface area (Å²) in [6.07, 6.45) is 6.48. The van der Waals surface area contributed by atoms with E-state index in [1.807, 2.05) is 4.90 Å². The molecule has 2 unspecified atom stereocenters. The second-order valence-corrected chi connectivity index (χ2v) is 4.74. The van der Waals surface area contributed by atoms with Crippen molar-refractivity contribution >= 4 is 18.3 Å². The van der Waals surface area contributed by atoms with Gasteiger partial charge in [0.15, 0.2) is 0 Å². The molecular weight excluding hydrogens is 212 g/mol. The number of nitrogens with two attached hydrogens (primary N) is 1. The third-order valence-corrected chi connectivity index (χ3v) is 3.62. The van der Waals surface area contributed by atoms with Crippen LogP contribution in [0.25, 0.3) is 0 Å². The zero-order valence-corrected chi connectivity index (χ0v) is 10.1. The van der Waals surface area contributed by atoms with Crippen LogP contribution in [-0.2, 0) is 4.79 Å². The van der Waals surface area contributed by atoms with Crippen LogP contribution >= 0.6 is 12.4 Å². The number of rotatable bonds is 1. The van der Waals surface area contributed by atoms with Crippen molar-refractivity contribution in [1.29, 1.82) is 0 Å². The number of hydrogen-bond donors (Lipinski definition) is 1. The van der Waals surface area contributed by atoms with Gasteiger partial charge in [-0.1, -0.05) is 19.3 Å². The Balaban J connectivity index is 0.00000112. The quantitative estimate of drug-likeness (QED) is 0.746. The second-order valence-electron chi connectivity index (χ2n) is 4.74.